The minimum atomic E-state index is -0.893. The molecule has 5 nitrogen and oxygen atoms in total. The van der Waals surface area contributed by atoms with Crippen LogP contribution in [0.3, 0.4) is 0 Å². The lowest BCUT2D eigenvalue weighted by atomic mass is 10.2. The van der Waals surface area contributed by atoms with Crippen LogP contribution < -0.4 is 5.73 Å². The molecule has 0 spiro atoms. The molecule has 14 heavy (non-hydrogen) atoms. The topological polar surface area (TPSA) is 78.6 Å². The first kappa shape index (κ1) is 12.5. The van der Waals surface area contributed by atoms with Crippen molar-refractivity contribution in [1.29, 1.82) is 0 Å². The van der Waals surface area contributed by atoms with Gasteiger partial charge in [-0.25, -0.2) is 9.59 Å². The maximum absolute atomic E-state index is 11.0. The molecule has 0 radical (unpaired) electrons. The summed E-state index contributed by atoms with van der Waals surface area (Å²) in [4.78, 5) is 21.4. The van der Waals surface area contributed by atoms with Crippen LogP contribution in [0.2, 0.25) is 0 Å². The monoisotopic (exact) mass is 201 g/mol. The summed E-state index contributed by atoms with van der Waals surface area (Å²) in [6, 6.07) is 0. The van der Waals surface area contributed by atoms with Crippen LogP contribution in [-0.2, 0) is 14.3 Å². The number of nitrogens with two attached hydrogens (primary N) is 1. The highest BCUT2D eigenvalue weighted by Crippen LogP contribution is 2.05. The number of rotatable bonds is 4. The van der Waals surface area contributed by atoms with Crippen molar-refractivity contribution in [2.75, 3.05) is 0 Å². The second kappa shape index (κ2) is 5.26. The van der Waals surface area contributed by atoms with E-state index in [1.54, 1.807) is 13.8 Å². The molecule has 0 aromatic carbocycles. The molecule has 1 amide bonds. The molecule has 2 atom stereocenters. The molecule has 2 unspecified atom stereocenters. The molecule has 0 aromatic rings. The predicted octanol–water partition coefficient (Wildman–Crippen LogP) is 0.978. The van der Waals surface area contributed by atoms with Crippen molar-refractivity contribution in [3.8, 4) is 0 Å². The van der Waals surface area contributed by atoms with Gasteiger partial charge in [-0.3, -0.25) is 0 Å². The molecule has 0 aliphatic carbocycles. The molecule has 0 bridgehead atoms. The largest absolute Gasteiger partial charge is 0.455 e. The van der Waals surface area contributed by atoms with Gasteiger partial charge in [0.2, 0.25) is 0 Å². The van der Waals surface area contributed by atoms with Gasteiger partial charge >= 0.3 is 12.1 Å². The van der Waals surface area contributed by atoms with Gasteiger partial charge < -0.3 is 15.2 Å². The highest BCUT2D eigenvalue weighted by atomic mass is 16.6. The second-order valence-electron chi connectivity index (χ2n) is 3.03. The number of esters is 1. The Morgan fingerprint density at radius 3 is 2.00 bits per heavy atom. The smallest absolute Gasteiger partial charge is 0.404 e. The normalized spacial score (nSPS) is 13.9. The third kappa shape index (κ3) is 4.49. The number of primary amides is 1. The third-order valence-corrected chi connectivity index (χ3v) is 1.60. The predicted molar refractivity (Wildman–Crippen MR) is 50.5 cm³/mol. The van der Waals surface area contributed by atoms with Gasteiger partial charge in [-0.05, 0) is 20.8 Å². The lowest BCUT2D eigenvalue weighted by Gasteiger charge is -2.19. The standard InChI is InChI=1S/C9H15NO4/c1-5(2)8(11)13-6(3)7(4)14-9(10)12/h6-7H,1H2,2-4H3,(H2,10,12). The van der Waals surface area contributed by atoms with E-state index in [-0.39, 0.29) is 0 Å². The molecule has 0 saturated carbocycles. The van der Waals surface area contributed by atoms with Crippen molar-refractivity contribution < 1.29 is 19.1 Å². The molecule has 0 heterocycles. The average Bonchev–Trinajstić information content (AvgIpc) is 2.02. The number of carbonyl (C=O) groups excluding carboxylic acids is 2. The highest BCUT2D eigenvalue weighted by Gasteiger charge is 2.19. The summed E-state index contributed by atoms with van der Waals surface area (Å²) in [5.74, 6) is -0.516. The van der Waals surface area contributed by atoms with Gasteiger partial charge in [0, 0.05) is 5.57 Å². The molecular formula is C9H15NO4. The van der Waals surface area contributed by atoms with Crippen molar-refractivity contribution in [1.82, 2.24) is 0 Å². The van der Waals surface area contributed by atoms with E-state index in [1.165, 1.54) is 6.92 Å². The first-order valence-corrected chi connectivity index (χ1v) is 4.17. The summed E-state index contributed by atoms with van der Waals surface area (Å²) < 4.78 is 9.53. The molecule has 0 aliphatic rings. The summed E-state index contributed by atoms with van der Waals surface area (Å²) in [7, 11) is 0. The van der Waals surface area contributed by atoms with Gasteiger partial charge in [0.15, 0.2) is 0 Å². The minimum Gasteiger partial charge on any atom is -0.455 e. The quantitative estimate of drug-likeness (QED) is 0.543. The Morgan fingerprint density at radius 1 is 1.21 bits per heavy atom. The molecule has 80 valence electrons. The number of amides is 1. The summed E-state index contributed by atoms with van der Waals surface area (Å²) in [5.41, 5.74) is 5.10. The molecule has 0 aliphatic heterocycles. The third-order valence-electron chi connectivity index (χ3n) is 1.60. The van der Waals surface area contributed by atoms with Gasteiger partial charge in [-0.1, -0.05) is 6.58 Å². The van der Waals surface area contributed by atoms with Crippen LogP contribution in [0.5, 0.6) is 0 Å². The Balaban J connectivity index is 4.07. The number of carbonyl (C=O) groups is 2. The van der Waals surface area contributed by atoms with Crippen LogP contribution >= 0.6 is 0 Å². The van der Waals surface area contributed by atoms with Crippen LogP contribution in [0.15, 0.2) is 12.2 Å². The Morgan fingerprint density at radius 2 is 1.64 bits per heavy atom. The lowest BCUT2D eigenvalue weighted by Crippen LogP contribution is -2.32. The Hall–Kier alpha value is -1.52. The maximum Gasteiger partial charge on any atom is 0.404 e. The number of hydrogen-bond donors (Lipinski definition) is 1. The SMILES string of the molecule is C=C(C)C(=O)OC(C)C(C)OC(N)=O. The van der Waals surface area contributed by atoms with E-state index >= 15 is 0 Å². The van der Waals surface area contributed by atoms with Crippen LogP contribution in [0.25, 0.3) is 0 Å². The lowest BCUT2D eigenvalue weighted by molar-refractivity contribution is -0.148. The molecular weight excluding hydrogens is 186 g/mol. The first-order valence-electron chi connectivity index (χ1n) is 4.17. The molecule has 2 N–H and O–H groups in total. The van der Waals surface area contributed by atoms with E-state index in [0.29, 0.717) is 5.57 Å². The zero-order valence-corrected chi connectivity index (χ0v) is 8.57. The average molecular weight is 201 g/mol. The fourth-order valence-electron chi connectivity index (χ4n) is 0.644. The van der Waals surface area contributed by atoms with Crippen LogP contribution in [0.1, 0.15) is 20.8 Å². The van der Waals surface area contributed by atoms with Crippen LogP contribution in [-0.4, -0.2) is 24.3 Å². The Kier molecular flexibility index (Phi) is 4.69. The van der Waals surface area contributed by atoms with Crippen molar-refractivity contribution in [3.05, 3.63) is 12.2 Å². The van der Waals surface area contributed by atoms with Crippen molar-refractivity contribution in [3.63, 3.8) is 0 Å². The molecule has 5 heteroatoms. The molecule has 0 saturated heterocycles. The van der Waals surface area contributed by atoms with Crippen LogP contribution in [0.4, 0.5) is 4.79 Å². The Labute approximate surface area is 82.9 Å². The van der Waals surface area contributed by atoms with Crippen molar-refractivity contribution in [2.45, 2.75) is 33.0 Å². The highest BCUT2D eigenvalue weighted by molar-refractivity contribution is 5.87. The zero-order valence-electron chi connectivity index (χ0n) is 8.57. The van der Waals surface area contributed by atoms with Crippen molar-refractivity contribution in [2.24, 2.45) is 5.73 Å². The van der Waals surface area contributed by atoms with Crippen LogP contribution in [0, 0.1) is 0 Å². The molecule has 0 fully saturated rings. The summed E-state index contributed by atoms with van der Waals surface area (Å²) >= 11 is 0. The number of hydrogen-bond acceptors (Lipinski definition) is 4. The first-order chi connectivity index (χ1) is 6.34. The van der Waals surface area contributed by atoms with E-state index in [1.807, 2.05) is 0 Å². The van der Waals surface area contributed by atoms with E-state index < -0.39 is 24.3 Å². The fraction of sp³-hybridized carbons (Fsp3) is 0.556. The van der Waals surface area contributed by atoms with Crippen molar-refractivity contribution >= 4 is 12.1 Å². The van der Waals surface area contributed by atoms with Gasteiger partial charge in [0.25, 0.3) is 0 Å². The Bertz CT molecular complexity index is 249. The molecule has 0 aromatic heterocycles. The fourth-order valence-corrected chi connectivity index (χ4v) is 0.644. The van der Waals surface area contributed by atoms with Gasteiger partial charge in [-0.2, -0.15) is 0 Å². The van der Waals surface area contributed by atoms with E-state index in [9.17, 15) is 9.59 Å². The summed E-state index contributed by atoms with van der Waals surface area (Å²) in [6.07, 6.45) is -2.02. The second-order valence-corrected chi connectivity index (χ2v) is 3.03. The number of ether oxygens (including phenoxy) is 2. The van der Waals surface area contributed by atoms with E-state index in [0.717, 1.165) is 0 Å². The zero-order chi connectivity index (χ0) is 11.3. The maximum atomic E-state index is 11.0. The van der Waals surface area contributed by atoms with E-state index in [2.05, 4.69) is 11.3 Å². The molecule has 0 rings (SSSR count). The van der Waals surface area contributed by atoms with Gasteiger partial charge in [0.05, 0.1) is 0 Å². The van der Waals surface area contributed by atoms with Gasteiger partial charge in [-0.15, -0.1) is 0 Å². The van der Waals surface area contributed by atoms with E-state index in [4.69, 9.17) is 10.5 Å². The van der Waals surface area contributed by atoms with Gasteiger partial charge in [0.1, 0.15) is 12.2 Å². The summed E-state index contributed by atoms with van der Waals surface area (Å²) in [5, 5.41) is 0. The minimum absolute atomic E-state index is 0.295. The summed E-state index contributed by atoms with van der Waals surface area (Å²) in [6.45, 7) is 8.15.